The van der Waals surface area contributed by atoms with Crippen LogP contribution in [0.1, 0.15) is 11.3 Å². The van der Waals surface area contributed by atoms with Crippen LogP contribution in [0.2, 0.25) is 0 Å². The molecule has 0 fully saturated rings. The summed E-state index contributed by atoms with van der Waals surface area (Å²) in [5.74, 6) is 0.860. The van der Waals surface area contributed by atoms with Gasteiger partial charge in [0.25, 0.3) is 0 Å². The quantitative estimate of drug-likeness (QED) is 0.303. The largest absolute Gasteiger partial charge is 0.352 e. The molecule has 3 rings (SSSR count). The van der Waals surface area contributed by atoms with E-state index >= 15 is 0 Å². The third-order valence-corrected chi connectivity index (χ3v) is 4.64. The number of hydrogen-bond acceptors (Lipinski definition) is 2. The molecule has 2 aromatic heterocycles. The number of aromatic nitrogens is 3. The van der Waals surface area contributed by atoms with Crippen molar-refractivity contribution in [3.8, 4) is 5.69 Å². The average molecular weight is 543 g/mol. The Bertz CT molecular complexity index is 870. The van der Waals surface area contributed by atoms with Gasteiger partial charge in [0.05, 0.1) is 12.2 Å². The second kappa shape index (κ2) is 9.93. The van der Waals surface area contributed by atoms with Gasteiger partial charge in [0, 0.05) is 56.4 Å². The zero-order valence-corrected chi connectivity index (χ0v) is 19.5. The van der Waals surface area contributed by atoms with Gasteiger partial charge < -0.3 is 14.8 Å². The van der Waals surface area contributed by atoms with E-state index < -0.39 is 0 Å². The minimum Gasteiger partial charge on any atom is -0.352 e. The zero-order valence-electron chi connectivity index (χ0n) is 15.6. The van der Waals surface area contributed by atoms with Crippen molar-refractivity contribution in [3.05, 3.63) is 70.7 Å². The number of guanidine groups is 1. The van der Waals surface area contributed by atoms with Crippen molar-refractivity contribution in [2.45, 2.75) is 13.1 Å². The van der Waals surface area contributed by atoms with Crippen LogP contribution in [0.4, 0.5) is 0 Å². The molecule has 0 unspecified atom stereocenters. The first-order valence-corrected chi connectivity index (χ1v) is 9.17. The van der Waals surface area contributed by atoms with E-state index in [1.807, 2.05) is 31.0 Å². The first kappa shape index (κ1) is 21.5. The van der Waals surface area contributed by atoms with Gasteiger partial charge in [0.15, 0.2) is 5.96 Å². The monoisotopic (exact) mass is 542 g/mol. The van der Waals surface area contributed by atoms with Gasteiger partial charge >= 0.3 is 0 Å². The molecule has 0 spiro atoms. The molecule has 0 amide bonds. The lowest BCUT2D eigenvalue weighted by atomic mass is 10.2. The number of aryl methyl sites for hydroxylation is 1. The molecule has 144 valence electrons. The van der Waals surface area contributed by atoms with Crippen LogP contribution < -0.4 is 5.32 Å². The van der Waals surface area contributed by atoms with Crippen molar-refractivity contribution in [1.82, 2.24) is 24.6 Å². The summed E-state index contributed by atoms with van der Waals surface area (Å²) in [7, 11) is 5.89. The summed E-state index contributed by atoms with van der Waals surface area (Å²) >= 11 is 3.52. The van der Waals surface area contributed by atoms with Gasteiger partial charge in [-0.05, 0) is 45.8 Å². The van der Waals surface area contributed by atoms with E-state index in [1.54, 1.807) is 13.2 Å². The van der Waals surface area contributed by atoms with Crippen molar-refractivity contribution in [2.75, 3.05) is 14.1 Å². The first-order valence-electron chi connectivity index (χ1n) is 8.38. The van der Waals surface area contributed by atoms with E-state index in [2.05, 4.69) is 77.3 Å². The van der Waals surface area contributed by atoms with Crippen LogP contribution in [0, 0.1) is 0 Å². The van der Waals surface area contributed by atoms with Crippen molar-refractivity contribution >= 4 is 45.9 Å². The van der Waals surface area contributed by atoms with E-state index in [4.69, 9.17) is 0 Å². The number of hydrogen-bond donors (Lipinski definition) is 1. The van der Waals surface area contributed by atoms with Crippen LogP contribution in [-0.4, -0.2) is 39.3 Å². The minimum atomic E-state index is 0. The summed E-state index contributed by atoms with van der Waals surface area (Å²) in [6, 6.07) is 12.4. The molecular weight excluding hydrogens is 519 g/mol. The predicted molar refractivity (Wildman–Crippen MR) is 124 cm³/mol. The predicted octanol–water partition coefficient (Wildman–Crippen LogP) is 3.80. The highest BCUT2D eigenvalue weighted by Gasteiger charge is 2.09. The fourth-order valence-electron chi connectivity index (χ4n) is 2.80. The molecule has 8 heteroatoms. The molecule has 1 N–H and O–H groups in total. The van der Waals surface area contributed by atoms with Gasteiger partial charge in [0.1, 0.15) is 0 Å². The smallest absolute Gasteiger partial charge is 0.194 e. The number of rotatable bonds is 5. The Morgan fingerprint density at radius 2 is 2.04 bits per heavy atom. The molecular formula is C19H24BrIN6. The maximum absolute atomic E-state index is 4.39. The normalized spacial score (nSPS) is 11.2. The SMILES string of the molecule is CN=C(NCc1ccc(-n2cccn2)cc1)N(C)Cc1cc(Br)cn1C.I. The van der Waals surface area contributed by atoms with E-state index in [-0.39, 0.29) is 24.0 Å². The Balaban J connectivity index is 0.00000261. The number of aliphatic imine (C=N–C) groups is 1. The number of nitrogens with zero attached hydrogens (tertiary/aromatic N) is 5. The summed E-state index contributed by atoms with van der Waals surface area (Å²) in [5, 5.41) is 7.66. The minimum absolute atomic E-state index is 0. The van der Waals surface area contributed by atoms with Crippen molar-refractivity contribution in [1.29, 1.82) is 0 Å². The fraction of sp³-hybridized carbons (Fsp3) is 0.263. The van der Waals surface area contributed by atoms with E-state index in [0.29, 0.717) is 6.54 Å². The Morgan fingerprint density at radius 3 is 2.59 bits per heavy atom. The van der Waals surface area contributed by atoms with Gasteiger partial charge in [-0.1, -0.05) is 12.1 Å². The Hall–Kier alpha value is -1.81. The standard InChI is InChI=1S/C19H23BrN6.HI/c1-21-19(25(3)14-18-11-16(20)13-24(18)2)22-12-15-5-7-17(8-6-15)26-10-4-9-23-26;/h4-11,13H,12,14H2,1-3H3,(H,21,22);1H. The molecule has 0 aliphatic heterocycles. The number of halogens is 2. The van der Waals surface area contributed by atoms with Gasteiger partial charge in [-0.2, -0.15) is 5.10 Å². The lowest BCUT2D eigenvalue weighted by molar-refractivity contribution is 0.461. The molecule has 2 heterocycles. The highest BCUT2D eigenvalue weighted by Crippen LogP contribution is 2.15. The molecule has 0 aliphatic carbocycles. The molecule has 0 saturated heterocycles. The van der Waals surface area contributed by atoms with Crippen LogP contribution in [0.5, 0.6) is 0 Å². The Labute approximate surface area is 185 Å². The van der Waals surface area contributed by atoms with Crippen LogP contribution in [-0.2, 0) is 20.1 Å². The molecule has 6 nitrogen and oxygen atoms in total. The molecule has 0 atom stereocenters. The van der Waals surface area contributed by atoms with Gasteiger partial charge in [-0.15, -0.1) is 24.0 Å². The Morgan fingerprint density at radius 1 is 1.30 bits per heavy atom. The maximum atomic E-state index is 4.39. The highest BCUT2D eigenvalue weighted by molar-refractivity contribution is 14.0. The molecule has 27 heavy (non-hydrogen) atoms. The lowest BCUT2D eigenvalue weighted by Gasteiger charge is -2.22. The Kier molecular flexibility index (Phi) is 7.91. The fourth-order valence-corrected chi connectivity index (χ4v) is 3.37. The third-order valence-electron chi connectivity index (χ3n) is 4.20. The maximum Gasteiger partial charge on any atom is 0.194 e. The molecule has 3 aromatic rings. The van der Waals surface area contributed by atoms with E-state index in [1.165, 1.54) is 11.3 Å². The average Bonchev–Trinajstić information content (AvgIpc) is 3.26. The molecule has 0 radical (unpaired) electrons. The highest BCUT2D eigenvalue weighted by atomic mass is 127. The number of nitrogens with one attached hydrogen (secondary N) is 1. The van der Waals surface area contributed by atoms with Gasteiger partial charge in [-0.25, -0.2) is 4.68 Å². The summed E-state index contributed by atoms with van der Waals surface area (Å²) in [6.45, 7) is 1.49. The van der Waals surface area contributed by atoms with E-state index in [0.717, 1.165) is 22.7 Å². The second-order valence-electron chi connectivity index (χ2n) is 6.13. The molecule has 0 aliphatic rings. The molecule has 1 aromatic carbocycles. The van der Waals surface area contributed by atoms with Crippen molar-refractivity contribution < 1.29 is 0 Å². The van der Waals surface area contributed by atoms with Crippen LogP contribution >= 0.6 is 39.9 Å². The van der Waals surface area contributed by atoms with Crippen LogP contribution in [0.3, 0.4) is 0 Å². The third kappa shape index (κ3) is 5.58. The van der Waals surface area contributed by atoms with Crippen LogP contribution in [0.25, 0.3) is 5.69 Å². The topological polar surface area (TPSA) is 50.4 Å². The van der Waals surface area contributed by atoms with Crippen molar-refractivity contribution in [3.63, 3.8) is 0 Å². The summed E-state index contributed by atoms with van der Waals surface area (Å²) < 4.78 is 5.05. The van der Waals surface area contributed by atoms with E-state index in [9.17, 15) is 0 Å². The van der Waals surface area contributed by atoms with Crippen molar-refractivity contribution in [2.24, 2.45) is 12.0 Å². The van der Waals surface area contributed by atoms with Crippen LogP contribution in [0.15, 0.2) is 64.5 Å². The summed E-state index contributed by atoms with van der Waals surface area (Å²) in [5.41, 5.74) is 3.46. The number of benzene rings is 1. The van der Waals surface area contributed by atoms with Gasteiger partial charge in [-0.3, -0.25) is 4.99 Å². The first-order chi connectivity index (χ1) is 12.6. The summed E-state index contributed by atoms with van der Waals surface area (Å²) in [6.07, 6.45) is 5.77. The lowest BCUT2D eigenvalue weighted by Crippen LogP contribution is -2.38. The molecule has 0 saturated carbocycles. The molecule has 0 bridgehead atoms. The van der Waals surface area contributed by atoms with Gasteiger partial charge in [0.2, 0.25) is 0 Å². The summed E-state index contributed by atoms with van der Waals surface area (Å²) in [4.78, 5) is 6.50. The zero-order chi connectivity index (χ0) is 18.5. The second-order valence-corrected chi connectivity index (χ2v) is 7.05.